The average Bonchev–Trinajstić information content (AvgIpc) is 2.11. The molecular formula is C5H6F3N3. The second kappa shape index (κ2) is 2.14. The molecule has 1 rings (SSSR count). The SMILES string of the molecule is Cn1ncc(C(F)(F)F)c1N. The zero-order valence-electron chi connectivity index (χ0n) is 5.68. The Labute approximate surface area is 60.6 Å². The second-order valence-corrected chi connectivity index (χ2v) is 2.06. The molecule has 0 radical (unpaired) electrons. The number of halogens is 3. The highest BCUT2D eigenvalue weighted by atomic mass is 19.4. The number of nitrogens with zero attached hydrogens (tertiary/aromatic N) is 2. The lowest BCUT2D eigenvalue weighted by Gasteiger charge is -2.03. The van der Waals surface area contributed by atoms with Gasteiger partial charge in [0.25, 0.3) is 0 Å². The van der Waals surface area contributed by atoms with Gasteiger partial charge in [-0.1, -0.05) is 0 Å². The lowest BCUT2D eigenvalue weighted by Crippen LogP contribution is -2.08. The summed E-state index contributed by atoms with van der Waals surface area (Å²) in [7, 11) is 1.35. The predicted octanol–water partition coefficient (Wildman–Crippen LogP) is 1.02. The Hall–Kier alpha value is -1.20. The van der Waals surface area contributed by atoms with E-state index in [4.69, 9.17) is 5.73 Å². The van der Waals surface area contributed by atoms with Gasteiger partial charge in [-0.2, -0.15) is 18.3 Å². The number of aryl methyl sites for hydroxylation is 1. The van der Waals surface area contributed by atoms with Crippen LogP contribution in [-0.2, 0) is 13.2 Å². The fourth-order valence-electron chi connectivity index (χ4n) is 0.665. The number of nitrogen functional groups attached to an aromatic ring is 1. The van der Waals surface area contributed by atoms with E-state index >= 15 is 0 Å². The van der Waals surface area contributed by atoms with E-state index in [-0.39, 0.29) is 5.82 Å². The third-order valence-corrected chi connectivity index (χ3v) is 1.29. The van der Waals surface area contributed by atoms with Gasteiger partial charge in [0.05, 0.1) is 6.20 Å². The summed E-state index contributed by atoms with van der Waals surface area (Å²) in [5.74, 6) is -0.363. The van der Waals surface area contributed by atoms with Crippen molar-refractivity contribution < 1.29 is 13.2 Å². The molecule has 0 spiro atoms. The van der Waals surface area contributed by atoms with Gasteiger partial charge in [-0.3, -0.25) is 4.68 Å². The molecule has 0 aliphatic heterocycles. The molecule has 0 fully saturated rings. The lowest BCUT2D eigenvalue weighted by atomic mass is 10.3. The summed E-state index contributed by atoms with van der Waals surface area (Å²) in [6.07, 6.45) is -3.70. The largest absolute Gasteiger partial charge is 0.421 e. The number of nitrogens with two attached hydrogens (primary N) is 1. The molecular weight excluding hydrogens is 159 g/mol. The molecule has 0 aromatic carbocycles. The standard InChI is InChI=1S/C5H6F3N3/c1-11-4(9)3(2-10-11)5(6,7)8/h2H,9H2,1H3. The van der Waals surface area contributed by atoms with Crippen LogP contribution in [0.3, 0.4) is 0 Å². The van der Waals surface area contributed by atoms with Crippen LogP contribution < -0.4 is 5.73 Å². The van der Waals surface area contributed by atoms with Crippen LogP contribution in [0.4, 0.5) is 19.0 Å². The summed E-state index contributed by atoms with van der Waals surface area (Å²) in [4.78, 5) is 0. The van der Waals surface area contributed by atoms with E-state index < -0.39 is 11.7 Å². The highest BCUT2D eigenvalue weighted by Gasteiger charge is 2.35. The Morgan fingerprint density at radius 2 is 2.09 bits per heavy atom. The van der Waals surface area contributed by atoms with Crippen molar-refractivity contribution in [1.29, 1.82) is 0 Å². The molecule has 3 nitrogen and oxygen atoms in total. The van der Waals surface area contributed by atoms with Crippen LogP contribution in [0.5, 0.6) is 0 Å². The fourth-order valence-corrected chi connectivity index (χ4v) is 0.665. The van der Waals surface area contributed by atoms with Crippen LogP contribution in [-0.4, -0.2) is 9.78 Å². The maximum Gasteiger partial charge on any atom is 0.421 e. The molecule has 2 N–H and O–H groups in total. The Bertz CT molecular complexity index is 262. The molecule has 0 atom stereocenters. The molecule has 0 saturated heterocycles. The van der Waals surface area contributed by atoms with Crippen molar-refractivity contribution in [2.45, 2.75) is 6.18 Å². The minimum absolute atomic E-state index is 0.363. The van der Waals surface area contributed by atoms with E-state index in [1.165, 1.54) is 7.05 Å². The van der Waals surface area contributed by atoms with Crippen LogP contribution >= 0.6 is 0 Å². The Kier molecular flexibility index (Phi) is 1.54. The topological polar surface area (TPSA) is 43.8 Å². The first-order chi connectivity index (χ1) is 4.93. The minimum Gasteiger partial charge on any atom is -0.383 e. The summed E-state index contributed by atoms with van der Waals surface area (Å²) in [5.41, 5.74) is 4.18. The number of hydrogen-bond acceptors (Lipinski definition) is 2. The molecule has 0 amide bonds. The molecule has 62 valence electrons. The number of alkyl halides is 3. The normalized spacial score (nSPS) is 12.0. The Balaban J connectivity index is 3.15. The maximum absolute atomic E-state index is 11.9. The van der Waals surface area contributed by atoms with Gasteiger partial charge in [-0.05, 0) is 0 Å². The molecule has 11 heavy (non-hydrogen) atoms. The van der Waals surface area contributed by atoms with Gasteiger partial charge in [-0.25, -0.2) is 0 Å². The van der Waals surface area contributed by atoms with Crippen LogP contribution in [0.15, 0.2) is 6.20 Å². The predicted molar refractivity (Wildman–Crippen MR) is 32.6 cm³/mol. The third kappa shape index (κ3) is 1.28. The molecule has 6 heteroatoms. The number of anilines is 1. The van der Waals surface area contributed by atoms with Crippen molar-refractivity contribution in [2.75, 3.05) is 5.73 Å². The number of hydrogen-bond donors (Lipinski definition) is 1. The van der Waals surface area contributed by atoms with E-state index in [9.17, 15) is 13.2 Å². The Morgan fingerprint density at radius 3 is 2.27 bits per heavy atom. The smallest absolute Gasteiger partial charge is 0.383 e. The number of aromatic nitrogens is 2. The molecule has 0 unspecified atom stereocenters. The van der Waals surface area contributed by atoms with E-state index in [0.717, 1.165) is 4.68 Å². The zero-order valence-corrected chi connectivity index (χ0v) is 5.68. The van der Waals surface area contributed by atoms with Crippen LogP contribution in [0.25, 0.3) is 0 Å². The number of rotatable bonds is 0. The molecule has 0 aliphatic rings. The van der Waals surface area contributed by atoms with E-state index in [2.05, 4.69) is 5.10 Å². The molecule has 0 saturated carbocycles. The van der Waals surface area contributed by atoms with E-state index in [1.807, 2.05) is 0 Å². The van der Waals surface area contributed by atoms with Gasteiger partial charge in [0.1, 0.15) is 11.4 Å². The summed E-state index contributed by atoms with van der Waals surface area (Å²) in [6, 6.07) is 0. The first-order valence-electron chi connectivity index (χ1n) is 2.77. The highest BCUT2D eigenvalue weighted by Crippen LogP contribution is 2.32. The quantitative estimate of drug-likeness (QED) is 0.623. The molecule has 0 bridgehead atoms. The average molecular weight is 165 g/mol. The third-order valence-electron chi connectivity index (χ3n) is 1.29. The summed E-state index contributed by atoms with van der Waals surface area (Å²) in [6.45, 7) is 0. The van der Waals surface area contributed by atoms with Gasteiger partial charge in [0.2, 0.25) is 0 Å². The second-order valence-electron chi connectivity index (χ2n) is 2.06. The molecule has 0 aliphatic carbocycles. The summed E-state index contributed by atoms with van der Waals surface area (Å²) < 4.78 is 36.8. The van der Waals surface area contributed by atoms with Gasteiger partial charge in [0, 0.05) is 7.05 Å². The van der Waals surface area contributed by atoms with Crippen LogP contribution in [0, 0.1) is 0 Å². The fraction of sp³-hybridized carbons (Fsp3) is 0.400. The highest BCUT2D eigenvalue weighted by molar-refractivity contribution is 5.40. The minimum atomic E-state index is -4.40. The first-order valence-corrected chi connectivity index (χ1v) is 2.77. The first kappa shape index (κ1) is 7.90. The lowest BCUT2D eigenvalue weighted by molar-refractivity contribution is -0.136. The van der Waals surface area contributed by atoms with Crippen molar-refractivity contribution in [3.8, 4) is 0 Å². The molecule has 1 aromatic heterocycles. The van der Waals surface area contributed by atoms with Crippen LogP contribution in [0.1, 0.15) is 5.56 Å². The van der Waals surface area contributed by atoms with Gasteiger partial charge >= 0.3 is 6.18 Å². The van der Waals surface area contributed by atoms with Gasteiger partial charge in [-0.15, -0.1) is 0 Å². The van der Waals surface area contributed by atoms with Crippen molar-refractivity contribution in [3.05, 3.63) is 11.8 Å². The zero-order chi connectivity index (χ0) is 8.65. The summed E-state index contributed by atoms with van der Waals surface area (Å²) in [5, 5.41) is 3.35. The molecule has 1 aromatic rings. The summed E-state index contributed by atoms with van der Waals surface area (Å²) >= 11 is 0. The van der Waals surface area contributed by atoms with Crippen molar-refractivity contribution in [1.82, 2.24) is 9.78 Å². The van der Waals surface area contributed by atoms with Crippen molar-refractivity contribution >= 4 is 5.82 Å². The Morgan fingerprint density at radius 1 is 1.55 bits per heavy atom. The monoisotopic (exact) mass is 165 g/mol. The van der Waals surface area contributed by atoms with E-state index in [1.54, 1.807) is 0 Å². The maximum atomic E-state index is 11.9. The van der Waals surface area contributed by atoms with Gasteiger partial charge < -0.3 is 5.73 Å². The van der Waals surface area contributed by atoms with E-state index in [0.29, 0.717) is 6.20 Å². The molecule has 1 heterocycles. The van der Waals surface area contributed by atoms with Crippen molar-refractivity contribution in [3.63, 3.8) is 0 Å². The van der Waals surface area contributed by atoms with Crippen LogP contribution in [0.2, 0.25) is 0 Å². The van der Waals surface area contributed by atoms with Crippen molar-refractivity contribution in [2.24, 2.45) is 7.05 Å². The van der Waals surface area contributed by atoms with Gasteiger partial charge in [0.15, 0.2) is 0 Å².